The van der Waals surface area contributed by atoms with Gasteiger partial charge in [0.05, 0.1) is 27.8 Å². The van der Waals surface area contributed by atoms with Crippen molar-refractivity contribution in [3.63, 3.8) is 0 Å². The molecule has 1 amide bonds. The minimum Gasteiger partial charge on any atom is -0.396 e. The molecular weight excluding hydrogens is 512 g/mol. The molecule has 12 heteroatoms. The minimum atomic E-state index is -5.02. The first kappa shape index (κ1) is 19.9. The number of nitrogens with two attached hydrogens (primary N) is 1. The molecule has 0 fully saturated rings. The molecule has 144 valence electrons. The molecule has 2 aromatic rings. The predicted octanol–water partition coefficient (Wildman–Crippen LogP) is 5.39. The Hall–Kier alpha value is -1.82. The number of benzene rings is 1. The summed E-state index contributed by atoms with van der Waals surface area (Å²) in [6.45, 7) is -0.280. The van der Waals surface area contributed by atoms with Gasteiger partial charge in [-0.3, -0.25) is 4.79 Å². The summed E-state index contributed by atoms with van der Waals surface area (Å²) < 4.78 is 78.7. The van der Waals surface area contributed by atoms with Gasteiger partial charge in [-0.25, -0.2) is 4.98 Å². The molecule has 0 atom stereocenters. The van der Waals surface area contributed by atoms with Crippen LogP contribution in [0.25, 0.3) is 0 Å². The van der Waals surface area contributed by atoms with E-state index in [1.165, 1.54) is 0 Å². The topological polar surface area (TPSA) is 59.2 Å². The van der Waals surface area contributed by atoms with E-state index in [2.05, 4.69) is 36.8 Å². The van der Waals surface area contributed by atoms with E-state index in [0.29, 0.717) is 16.6 Å². The fraction of sp³-hybridized carbons (Fsp3) is 0.200. The van der Waals surface area contributed by atoms with Crippen molar-refractivity contribution >= 4 is 49.1 Å². The standard InChI is InChI=1S/C15H7Br2F6N3O/c16-9-8-4-26(13(27)11(8)25-12(17)10(9)24)7-2-5(14(18,19)20)1-6(3-7)15(21,22)23/h1-3H,4,24H2. The second kappa shape index (κ2) is 6.36. The summed E-state index contributed by atoms with van der Waals surface area (Å²) in [4.78, 5) is 17.3. The van der Waals surface area contributed by atoms with Crippen LogP contribution >= 0.6 is 31.9 Å². The first-order chi connectivity index (χ1) is 12.3. The molecule has 2 N–H and O–H groups in total. The Bertz CT molecular complexity index is 926. The number of fused-ring (bicyclic) bond motifs is 1. The summed E-state index contributed by atoms with van der Waals surface area (Å²) in [7, 11) is 0. The molecule has 27 heavy (non-hydrogen) atoms. The zero-order valence-electron chi connectivity index (χ0n) is 12.8. The molecule has 2 heterocycles. The molecule has 0 saturated heterocycles. The number of carbonyl (C=O) groups is 1. The van der Waals surface area contributed by atoms with Gasteiger partial charge in [0.15, 0.2) is 0 Å². The first-order valence-corrected chi connectivity index (χ1v) is 8.64. The molecule has 0 radical (unpaired) electrons. The number of nitrogen functional groups attached to an aromatic ring is 1. The van der Waals surface area contributed by atoms with Crippen LogP contribution < -0.4 is 10.6 Å². The van der Waals surface area contributed by atoms with Gasteiger partial charge in [-0.1, -0.05) is 0 Å². The van der Waals surface area contributed by atoms with Gasteiger partial charge in [0.1, 0.15) is 10.3 Å². The molecule has 0 spiro atoms. The second-order valence-electron chi connectivity index (χ2n) is 5.61. The van der Waals surface area contributed by atoms with E-state index < -0.39 is 35.1 Å². The van der Waals surface area contributed by atoms with Crippen LogP contribution in [-0.2, 0) is 18.9 Å². The van der Waals surface area contributed by atoms with Crippen molar-refractivity contribution < 1.29 is 31.1 Å². The number of halogens is 8. The molecule has 1 aliphatic heterocycles. The number of alkyl halides is 6. The molecule has 0 bridgehead atoms. The van der Waals surface area contributed by atoms with Gasteiger partial charge in [-0.15, -0.1) is 0 Å². The van der Waals surface area contributed by atoms with Crippen LogP contribution in [0.1, 0.15) is 27.2 Å². The van der Waals surface area contributed by atoms with Crippen molar-refractivity contribution in [2.24, 2.45) is 0 Å². The Kier molecular flexibility index (Phi) is 4.70. The van der Waals surface area contributed by atoms with E-state index in [9.17, 15) is 31.1 Å². The number of pyridine rings is 1. The molecule has 1 aliphatic rings. The molecule has 0 saturated carbocycles. The zero-order chi connectivity index (χ0) is 20.3. The largest absolute Gasteiger partial charge is 0.416 e. The molecular formula is C15H7Br2F6N3O. The third-order valence-corrected chi connectivity index (χ3v) is 5.38. The summed E-state index contributed by atoms with van der Waals surface area (Å²) in [5.74, 6) is -0.834. The van der Waals surface area contributed by atoms with E-state index >= 15 is 0 Å². The molecule has 4 nitrogen and oxygen atoms in total. The van der Waals surface area contributed by atoms with Gasteiger partial charge in [0, 0.05) is 11.3 Å². The maximum Gasteiger partial charge on any atom is 0.416 e. The molecule has 3 rings (SSSR count). The molecule has 0 aliphatic carbocycles. The summed E-state index contributed by atoms with van der Waals surface area (Å²) in [5, 5.41) is 0. The third-order valence-electron chi connectivity index (χ3n) is 3.87. The Morgan fingerprint density at radius 3 is 2.00 bits per heavy atom. The fourth-order valence-electron chi connectivity index (χ4n) is 2.56. The van der Waals surface area contributed by atoms with Crippen LogP contribution in [0.4, 0.5) is 37.7 Å². The van der Waals surface area contributed by atoms with Gasteiger partial charge >= 0.3 is 12.4 Å². The number of amides is 1. The summed E-state index contributed by atoms with van der Waals surface area (Å²) >= 11 is 6.21. The van der Waals surface area contributed by atoms with Gasteiger partial charge in [-0.2, -0.15) is 26.3 Å². The van der Waals surface area contributed by atoms with Crippen LogP contribution in [0, 0.1) is 0 Å². The number of anilines is 2. The lowest BCUT2D eigenvalue weighted by molar-refractivity contribution is -0.143. The van der Waals surface area contributed by atoms with Crippen LogP contribution in [-0.4, -0.2) is 10.9 Å². The normalized spacial score (nSPS) is 14.7. The average Bonchev–Trinajstić information content (AvgIpc) is 2.88. The number of hydrogen-bond acceptors (Lipinski definition) is 3. The first-order valence-electron chi connectivity index (χ1n) is 7.05. The SMILES string of the molecule is Nc1c(Br)nc2c(c1Br)CN(c1cc(C(F)(F)F)cc(C(F)(F)F)c1)C2=O. The highest BCUT2D eigenvalue weighted by Gasteiger charge is 2.40. The van der Waals surface area contributed by atoms with Gasteiger partial charge in [0.25, 0.3) is 5.91 Å². The predicted molar refractivity (Wildman–Crippen MR) is 91.0 cm³/mol. The Morgan fingerprint density at radius 2 is 1.52 bits per heavy atom. The number of carbonyl (C=O) groups excluding carboxylic acids is 1. The van der Waals surface area contributed by atoms with Crippen molar-refractivity contribution in [3.05, 3.63) is 49.7 Å². The highest BCUT2D eigenvalue weighted by Crippen LogP contribution is 2.42. The lowest BCUT2D eigenvalue weighted by Crippen LogP contribution is -2.25. The smallest absolute Gasteiger partial charge is 0.396 e. The number of rotatable bonds is 1. The number of aromatic nitrogens is 1. The van der Waals surface area contributed by atoms with Crippen molar-refractivity contribution in [2.75, 3.05) is 10.6 Å². The maximum atomic E-state index is 13.0. The number of hydrogen-bond donors (Lipinski definition) is 1. The summed E-state index contributed by atoms with van der Waals surface area (Å²) in [5.41, 5.74) is 2.51. The van der Waals surface area contributed by atoms with Crippen LogP contribution in [0.5, 0.6) is 0 Å². The highest BCUT2D eigenvalue weighted by atomic mass is 79.9. The minimum absolute atomic E-state index is 0.0000660. The zero-order valence-corrected chi connectivity index (χ0v) is 16.0. The molecule has 0 unspecified atom stereocenters. The van der Waals surface area contributed by atoms with E-state index in [4.69, 9.17) is 5.73 Å². The third kappa shape index (κ3) is 3.51. The average molecular weight is 519 g/mol. The van der Waals surface area contributed by atoms with Gasteiger partial charge in [0.2, 0.25) is 0 Å². The monoisotopic (exact) mass is 517 g/mol. The Balaban J connectivity index is 2.15. The fourth-order valence-corrected chi connectivity index (χ4v) is 3.71. The lowest BCUT2D eigenvalue weighted by Gasteiger charge is -2.20. The second-order valence-corrected chi connectivity index (χ2v) is 7.16. The lowest BCUT2D eigenvalue weighted by atomic mass is 10.1. The van der Waals surface area contributed by atoms with E-state index in [-0.39, 0.29) is 34.2 Å². The molecule has 1 aromatic heterocycles. The quantitative estimate of drug-likeness (QED) is 0.407. The van der Waals surface area contributed by atoms with Crippen molar-refractivity contribution in [1.29, 1.82) is 0 Å². The Labute approximate surface area is 164 Å². The Morgan fingerprint density at radius 1 is 1.00 bits per heavy atom. The van der Waals surface area contributed by atoms with Crippen LogP contribution in [0.3, 0.4) is 0 Å². The van der Waals surface area contributed by atoms with E-state index in [0.717, 1.165) is 4.90 Å². The van der Waals surface area contributed by atoms with Crippen LogP contribution in [0.2, 0.25) is 0 Å². The maximum absolute atomic E-state index is 13.0. The van der Waals surface area contributed by atoms with Crippen molar-refractivity contribution in [1.82, 2.24) is 4.98 Å². The van der Waals surface area contributed by atoms with E-state index in [1.54, 1.807) is 0 Å². The van der Waals surface area contributed by atoms with Crippen molar-refractivity contribution in [2.45, 2.75) is 18.9 Å². The summed E-state index contributed by atoms with van der Waals surface area (Å²) in [6.07, 6.45) is -10.0. The van der Waals surface area contributed by atoms with Crippen LogP contribution in [0.15, 0.2) is 27.3 Å². The van der Waals surface area contributed by atoms with Gasteiger partial charge < -0.3 is 10.6 Å². The van der Waals surface area contributed by atoms with E-state index in [1.807, 2.05) is 0 Å². The van der Waals surface area contributed by atoms with Crippen molar-refractivity contribution in [3.8, 4) is 0 Å². The highest BCUT2D eigenvalue weighted by molar-refractivity contribution is 9.11. The molecule has 1 aromatic carbocycles. The number of nitrogens with zero attached hydrogens (tertiary/aromatic N) is 2. The summed E-state index contributed by atoms with van der Waals surface area (Å²) in [6, 6.07) is 0.983. The van der Waals surface area contributed by atoms with Gasteiger partial charge in [-0.05, 0) is 50.1 Å².